The molecule has 0 saturated carbocycles. The summed E-state index contributed by atoms with van der Waals surface area (Å²) < 4.78 is 4.72. The van der Waals surface area contributed by atoms with Crippen molar-refractivity contribution in [2.75, 3.05) is 12.4 Å². The lowest BCUT2D eigenvalue weighted by Gasteiger charge is -2.13. The minimum atomic E-state index is -0.598. The van der Waals surface area contributed by atoms with E-state index < -0.39 is 5.97 Å². The van der Waals surface area contributed by atoms with Crippen LogP contribution < -0.4 is 5.32 Å². The van der Waals surface area contributed by atoms with Crippen LogP contribution >= 0.6 is 0 Å². The van der Waals surface area contributed by atoms with Gasteiger partial charge in [-0.05, 0) is 30.3 Å². The Morgan fingerprint density at radius 2 is 1.95 bits per heavy atom. The highest BCUT2D eigenvalue weighted by Gasteiger charge is 2.18. The number of nitrogens with zero attached hydrogens (tertiary/aromatic N) is 1. The van der Waals surface area contributed by atoms with Crippen LogP contribution in [-0.2, 0) is 4.74 Å². The molecule has 2 N–H and O–H groups in total. The van der Waals surface area contributed by atoms with Crippen molar-refractivity contribution < 1.29 is 14.6 Å². The van der Waals surface area contributed by atoms with E-state index in [1.807, 2.05) is 30.3 Å². The number of methoxy groups -OCH3 is 1. The fourth-order valence-corrected chi connectivity index (χ4v) is 2.27. The number of fused-ring (bicyclic) bond motifs is 1. The second kappa shape index (κ2) is 5.73. The van der Waals surface area contributed by atoms with Gasteiger partial charge in [-0.3, -0.25) is 4.98 Å². The largest absolute Gasteiger partial charge is 0.506 e. The van der Waals surface area contributed by atoms with E-state index in [9.17, 15) is 9.90 Å². The molecule has 0 aliphatic rings. The first-order chi connectivity index (χ1) is 10.7. The van der Waals surface area contributed by atoms with Gasteiger partial charge in [0.15, 0.2) is 0 Å². The van der Waals surface area contributed by atoms with Crippen LogP contribution in [0.5, 0.6) is 5.75 Å². The van der Waals surface area contributed by atoms with Crippen molar-refractivity contribution in [1.82, 2.24) is 4.98 Å². The minimum absolute atomic E-state index is 0.0985. The van der Waals surface area contributed by atoms with Crippen molar-refractivity contribution in [3.8, 4) is 5.75 Å². The van der Waals surface area contributed by atoms with Crippen molar-refractivity contribution in [1.29, 1.82) is 0 Å². The van der Waals surface area contributed by atoms with E-state index in [2.05, 4.69) is 10.3 Å². The molecule has 0 aliphatic carbocycles. The highest BCUT2D eigenvalue weighted by molar-refractivity contribution is 6.05. The molecule has 22 heavy (non-hydrogen) atoms. The molecule has 110 valence electrons. The van der Waals surface area contributed by atoms with E-state index in [-0.39, 0.29) is 11.3 Å². The quantitative estimate of drug-likeness (QED) is 0.571. The van der Waals surface area contributed by atoms with Gasteiger partial charge in [0.1, 0.15) is 11.3 Å². The van der Waals surface area contributed by atoms with E-state index in [1.54, 1.807) is 24.4 Å². The van der Waals surface area contributed by atoms with Crippen LogP contribution in [0.1, 0.15) is 10.4 Å². The first-order valence-corrected chi connectivity index (χ1v) is 6.72. The summed E-state index contributed by atoms with van der Waals surface area (Å²) >= 11 is 0. The van der Waals surface area contributed by atoms with Crippen LogP contribution in [0.25, 0.3) is 10.9 Å². The smallest absolute Gasteiger partial charge is 0.341 e. The molecule has 5 heteroatoms. The predicted molar refractivity (Wildman–Crippen MR) is 84.5 cm³/mol. The third kappa shape index (κ3) is 2.44. The zero-order valence-corrected chi connectivity index (χ0v) is 11.9. The van der Waals surface area contributed by atoms with Crippen LogP contribution in [0.4, 0.5) is 11.4 Å². The summed E-state index contributed by atoms with van der Waals surface area (Å²) in [5.41, 5.74) is 2.16. The van der Waals surface area contributed by atoms with E-state index in [0.29, 0.717) is 16.6 Å². The molecule has 3 aromatic rings. The number of ether oxygens (including phenoxy) is 1. The molecule has 0 radical (unpaired) electrons. The normalized spacial score (nSPS) is 10.4. The molecule has 0 fully saturated rings. The number of carbonyl (C=O) groups excluding carboxylic acids is 1. The molecule has 0 saturated heterocycles. The number of benzene rings is 2. The van der Waals surface area contributed by atoms with Gasteiger partial charge in [-0.1, -0.05) is 18.2 Å². The van der Waals surface area contributed by atoms with Crippen LogP contribution in [0.15, 0.2) is 54.7 Å². The van der Waals surface area contributed by atoms with Crippen molar-refractivity contribution in [2.45, 2.75) is 0 Å². The number of hydrogen-bond acceptors (Lipinski definition) is 5. The maximum Gasteiger partial charge on any atom is 0.341 e. The van der Waals surface area contributed by atoms with Gasteiger partial charge in [-0.15, -0.1) is 0 Å². The third-order valence-electron chi connectivity index (χ3n) is 3.32. The standard InChI is InChI=1S/C17H14N2O3/c1-22-17(21)13-10-14(19-11-6-3-2-4-7-11)15-12(16(13)20)8-5-9-18-15/h2-10,19-20H,1H3. The number of pyridine rings is 1. The Balaban J connectivity index is 2.20. The van der Waals surface area contributed by atoms with Gasteiger partial charge in [0.2, 0.25) is 0 Å². The predicted octanol–water partition coefficient (Wildman–Crippen LogP) is 3.47. The number of carbonyl (C=O) groups is 1. The number of esters is 1. The molecule has 1 heterocycles. The third-order valence-corrected chi connectivity index (χ3v) is 3.32. The second-order valence-corrected chi connectivity index (χ2v) is 4.70. The number of aromatic nitrogens is 1. The maximum absolute atomic E-state index is 11.9. The molecule has 0 atom stereocenters. The summed E-state index contributed by atoms with van der Waals surface area (Å²) in [6.07, 6.45) is 1.63. The summed E-state index contributed by atoms with van der Waals surface area (Å²) in [5, 5.41) is 14.0. The zero-order chi connectivity index (χ0) is 15.5. The van der Waals surface area contributed by atoms with E-state index in [1.165, 1.54) is 7.11 Å². The van der Waals surface area contributed by atoms with E-state index in [4.69, 9.17) is 4.74 Å². The monoisotopic (exact) mass is 294 g/mol. The zero-order valence-electron chi connectivity index (χ0n) is 11.9. The first kappa shape index (κ1) is 13.9. The molecule has 2 aromatic carbocycles. The summed E-state index contributed by atoms with van der Waals surface area (Å²) in [6, 6.07) is 14.5. The molecule has 3 rings (SSSR count). The van der Waals surface area contributed by atoms with Crippen molar-refractivity contribution in [3.05, 3.63) is 60.3 Å². The summed E-state index contributed by atoms with van der Waals surface area (Å²) in [6.45, 7) is 0. The molecular weight excluding hydrogens is 280 g/mol. The number of hydrogen-bond donors (Lipinski definition) is 2. The number of rotatable bonds is 3. The minimum Gasteiger partial charge on any atom is -0.506 e. The highest BCUT2D eigenvalue weighted by atomic mass is 16.5. The summed E-state index contributed by atoms with van der Waals surface area (Å²) in [7, 11) is 1.28. The second-order valence-electron chi connectivity index (χ2n) is 4.70. The van der Waals surface area contributed by atoms with Gasteiger partial charge < -0.3 is 15.2 Å². The SMILES string of the molecule is COC(=O)c1cc(Nc2ccccc2)c2ncccc2c1O. The van der Waals surface area contributed by atoms with Gasteiger partial charge in [-0.2, -0.15) is 0 Å². The van der Waals surface area contributed by atoms with Crippen molar-refractivity contribution in [2.24, 2.45) is 0 Å². The molecule has 0 bridgehead atoms. The molecule has 0 unspecified atom stereocenters. The fraction of sp³-hybridized carbons (Fsp3) is 0.0588. The molecule has 0 amide bonds. The molecule has 0 aliphatic heterocycles. The Bertz CT molecular complexity index is 832. The Morgan fingerprint density at radius 1 is 1.18 bits per heavy atom. The average Bonchev–Trinajstić information content (AvgIpc) is 2.58. The van der Waals surface area contributed by atoms with Crippen molar-refractivity contribution >= 4 is 28.2 Å². The molecule has 5 nitrogen and oxygen atoms in total. The molecular formula is C17H14N2O3. The molecule has 1 aromatic heterocycles. The Kier molecular flexibility index (Phi) is 3.62. The number of anilines is 2. The average molecular weight is 294 g/mol. The lowest BCUT2D eigenvalue weighted by Crippen LogP contribution is -2.04. The Hall–Kier alpha value is -3.08. The van der Waals surface area contributed by atoms with Crippen molar-refractivity contribution in [3.63, 3.8) is 0 Å². The topological polar surface area (TPSA) is 71.5 Å². The first-order valence-electron chi connectivity index (χ1n) is 6.72. The van der Waals surface area contributed by atoms with E-state index >= 15 is 0 Å². The summed E-state index contributed by atoms with van der Waals surface area (Å²) in [5.74, 6) is -0.729. The Labute approximate surface area is 127 Å². The lowest BCUT2D eigenvalue weighted by atomic mass is 10.1. The maximum atomic E-state index is 11.9. The number of nitrogens with one attached hydrogen (secondary N) is 1. The van der Waals surface area contributed by atoms with Crippen LogP contribution in [0.2, 0.25) is 0 Å². The number of aromatic hydroxyl groups is 1. The number of para-hydroxylation sites is 1. The van der Waals surface area contributed by atoms with Gasteiger partial charge in [0.05, 0.1) is 18.3 Å². The van der Waals surface area contributed by atoms with Crippen LogP contribution in [0, 0.1) is 0 Å². The molecule has 0 spiro atoms. The van der Waals surface area contributed by atoms with Crippen LogP contribution in [0.3, 0.4) is 0 Å². The van der Waals surface area contributed by atoms with Gasteiger partial charge in [0.25, 0.3) is 0 Å². The van der Waals surface area contributed by atoms with Gasteiger partial charge >= 0.3 is 5.97 Å². The van der Waals surface area contributed by atoms with E-state index in [0.717, 1.165) is 5.69 Å². The summed E-state index contributed by atoms with van der Waals surface area (Å²) in [4.78, 5) is 16.1. The number of phenolic OH excluding ortho intramolecular Hbond substituents is 1. The van der Waals surface area contributed by atoms with Gasteiger partial charge in [-0.25, -0.2) is 4.79 Å². The lowest BCUT2D eigenvalue weighted by molar-refractivity contribution is 0.0598. The Morgan fingerprint density at radius 3 is 2.68 bits per heavy atom. The highest BCUT2D eigenvalue weighted by Crippen LogP contribution is 2.35. The fourth-order valence-electron chi connectivity index (χ4n) is 2.27. The van der Waals surface area contributed by atoms with Gasteiger partial charge in [0, 0.05) is 17.3 Å². The van der Waals surface area contributed by atoms with Crippen LogP contribution in [-0.4, -0.2) is 23.2 Å². The number of phenols is 1.